The Morgan fingerprint density at radius 3 is 3.04 bits per heavy atom. The summed E-state index contributed by atoms with van der Waals surface area (Å²) >= 11 is 1.59. The third kappa shape index (κ3) is 3.16. The molecule has 0 spiro atoms. The van der Waals surface area contributed by atoms with E-state index in [4.69, 9.17) is 0 Å². The van der Waals surface area contributed by atoms with Gasteiger partial charge >= 0.3 is 12.2 Å². The molecule has 2 aromatic heterocycles. The third-order valence-corrected chi connectivity index (χ3v) is 4.75. The number of hydrogen-bond acceptors (Lipinski definition) is 5. The van der Waals surface area contributed by atoms with Crippen LogP contribution in [-0.4, -0.2) is 27.6 Å². The topological polar surface area (TPSA) is 71.3 Å². The molecule has 3 heterocycles. The summed E-state index contributed by atoms with van der Waals surface area (Å²) in [4.78, 5) is 18.2. The molecule has 0 saturated carbocycles. The third-order valence-electron chi connectivity index (χ3n) is 3.62. The molecule has 0 fully saturated rings. The van der Waals surface area contributed by atoms with Gasteiger partial charge in [0.15, 0.2) is 0 Å². The Morgan fingerprint density at radius 1 is 1.57 bits per heavy atom. The lowest BCUT2D eigenvalue weighted by molar-refractivity contribution is -0.146. The first-order chi connectivity index (χ1) is 10.9. The summed E-state index contributed by atoms with van der Waals surface area (Å²) in [5, 5.41) is 7.34. The van der Waals surface area contributed by atoms with E-state index in [9.17, 15) is 18.0 Å². The number of fused-ring (bicyclic) bond motifs is 1. The molecular formula is C13H13F3N4O2S. The highest BCUT2D eigenvalue weighted by Gasteiger charge is 2.37. The second kappa shape index (κ2) is 5.84. The SMILES string of the molecule is CC1c2sccc2CCN1C(=O)NCc1nc(C(F)(F)F)no1. The van der Waals surface area contributed by atoms with Crippen molar-refractivity contribution in [2.45, 2.75) is 32.1 Å². The number of thiophene rings is 1. The maximum Gasteiger partial charge on any atom is 0.455 e. The van der Waals surface area contributed by atoms with Gasteiger partial charge in [-0.1, -0.05) is 5.16 Å². The predicted molar refractivity (Wildman–Crippen MR) is 74.7 cm³/mol. The summed E-state index contributed by atoms with van der Waals surface area (Å²) < 4.78 is 41.6. The lowest BCUT2D eigenvalue weighted by atomic mass is 10.0. The van der Waals surface area contributed by atoms with Crippen molar-refractivity contribution in [1.29, 1.82) is 0 Å². The number of carbonyl (C=O) groups excluding carboxylic acids is 1. The van der Waals surface area contributed by atoms with Gasteiger partial charge in [0.25, 0.3) is 5.82 Å². The average molecular weight is 346 g/mol. The number of urea groups is 1. The number of nitrogens with zero attached hydrogens (tertiary/aromatic N) is 3. The second-order valence-corrected chi connectivity index (χ2v) is 6.05. The van der Waals surface area contributed by atoms with Crippen LogP contribution < -0.4 is 5.32 Å². The molecule has 0 radical (unpaired) electrons. The lowest BCUT2D eigenvalue weighted by Gasteiger charge is -2.33. The van der Waals surface area contributed by atoms with Crippen molar-refractivity contribution in [3.63, 3.8) is 0 Å². The van der Waals surface area contributed by atoms with E-state index in [2.05, 4.69) is 20.0 Å². The van der Waals surface area contributed by atoms with Crippen LogP contribution in [0.4, 0.5) is 18.0 Å². The van der Waals surface area contributed by atoms with Crippen molar-refractivity contribution in [3.8, 4) is 0 Å². The van der Waals surface area contributed by atoms with Gasteiger partial charge in [-0.05, 0) is 30.4 Å². The molecule has 2 aromatic rings. The van der Waals surface area contributed by atoms with Crippen molar-refractivity contribution < 1.29 is 22.5 Å². The van der Waals surface area contributed by atoms with Crippen LogP contribution in [-0.2, 0) is 19.1 Å². The minimum absolute atomic E-state index is 0.0767. The Balaban J connectivity index is 1.61. The fourth-order valence-corrected chi connectivity index (χ4v) is 3.49. The van der Waals surface area contributed by atoms with Crippen molar-refractivity contribution in [1.82, 2.24) is 20.4 Å². The van der Waals surface area contributed by atoms with Crippen LogP contribution in [0.5, 0.6) is 0 Å². The number of carbonyl (C=O) groups is 1. The lowest BCUT2D eigenvalue weighted by Crippen LogP contribution is -2.44. The van der Waals surface area contributed by atoms with Crippen molar-refractivity contribution in [3.05, 3.63) is 33.6 Å². The highest BCUT2D eigenvalue weighted by atomic mass is 32.1. The van der Waals surface area contributed by atoms with Crippen molar-refractivity contribution in [2.75, 3.05) is 6.54 Å². The van der Waals surface area contributed by atoms with Gasteiger partial charge in [0.05, 0.1) is 12.6 Å². The molecule has 0 aliphatic carbocycles. The molecule has 0 aromatic carbocycles. The van der Waals surface area contributed by atoms with E-state index in [1.807, 2.05) is 18.4 Å². The quantitative estimate of drug-likeness (QED) is 0.907. The Bertz CT molecular complexity index is 712. The molecule has 124 valence electrons. The van der Waals surface area contributed by atoms with E-state index >= 15 is 0 Å². The molecule has 1 N–H and O–H groups in total. The standard InChI is InChI=1S/C13H13F3N4O2S/c1-7-10-8(3-5-23-10)2-4-20(7)12(21)17-6-9-18-11(19-22-9)13(14,15)16/h3,5,7H,2,4,6H2,1H3,(H,17,21). The molecule has 2 amide bonds. The van der Waals surface area contributed by atoms with Crippen molar-refractivity contribution >= 4 is 17.4 Å². The number of nitrogens with one attached hydrogen (secondary N) is 1. The van der Waals surface area contributed by atoms with Crippen LogP contribution >= 0.6 is 11.3 Å². The molecule has 1 aliphatic rings. The zero-order chi connectivity index (χ0) is 16.6. The number of halogens is 3. The number of rotatable bonds is 2. The molecule has 23 heavy (non-hydrogen) atoms. The van der Waals surface area contributed by atoms with Gasteiger partial charge < -0.3 is 14.7 Å². The fourth-order valence-electron chi connectivity index (χ4n) is 2.47. The van der Waals surface area contributed by atoms with Crippen molar-refractivity contribution in [2.24, 2.45) is 0 Å². The van der Waals surface area contributed by atoms with Crippen LogP contribution in [0.25, 0.3) is 0 Å². The van der Waals surface area contributed by atoms with Crippen LogP contribution in [0.1, 0.15) is 35.1 Å². The first-order valence-corrected chi connectivity index (χ1v) is 7.74. The molecule has 3 rings (SSSR count). The number of amides is 2. The van der Waals surface area contributed by atoms with Gasteiger partial charge in [-0.15, -0.1) is 11.3 Å². The molecule has 10 heteroatoms. The van der Waals surface area contributed by atoms with Gasteiger partial charge in [0, 0.05) is 11.4 Å². The van der Waals surface area contributed by atoms with E-state index in [1.54, 1.807) is 16.2 Å². The minimum Gasteiger partial charge on any atom is -0.337 e. The molecule has 0 saturated heterocycles. The van der Waals surface area contributed by atoms with Crippen LogP contribution in [0.15, 0.2) is 16.0 Å². The largest absolute Gasteiger partial charge is 0.455 e. The summed E-state index contributed by atoms with van der Waals surface area (Å²) in [5.41, 5.74) is 1.23. The minimum atomic E-state index is -4.66. The second-order valence-electron chi connectivity index (χ2n) is 5.10. The monoisotopic (exact) mass is 346 g/mol. The average Bonchev–Trinajstić information content (AvgIpc) is 3.14. The highest BCUT2D eigenvalue weighted by molar-refractivity contribution is 7.10. The zero-order valence-corrected chi connectivity index (χ0v) is 12.9. The van der Waals surface area contributed by atoms with E-state index in [1.165, 1.54) is 5.56 Å². The Kier molecular flexibility index (Phi) is 4.00. The molecular weight excluding hydrogens is 333 g/mol. The fraction of sp³-hybridized carbons (Fsp3) is 0.462. The van der Waals surface area contributed by atoms with Gasteiger partial charge in [0.1, 0.15) is 0 Å². The number of alkyl halides is 3. The highest BCUT2D eigenvalue weighted by Crippen LogP contribution is 2.33. The molecule has 1 aliphatic heterocycles. The maximum absolute atomic E-state index is 12.4. The molecule has 1 atom stereocenters. The molecule has 1 unspecified atom stereocenters. The van der Waals surface area contributed by atoms with E-state index in [-0.39, 0.29) is 24.5 Å². The summed E-state index contributed by atoms with van der Waals surface area (Å²) in [5.74, 6) is -1.64. The summed E-state index contributed by atoms with van der Waals surface area (Å²) in [7, 11) is 0. The Hall–Kier alpha value is -2.10. The van der Waals surface area contributed by atoms with Gasteiger partial charge in [0.2, 0.25) is 5.89 Å². The number of hydrogen-bond donors (Lipinski definition) is 1. The Labute approximate surface area is 133 Å². The van der Waals surface area contributed by atoms with Crippen LogP contribution in [0.3, 0.4) is 0 Å². The maximum atomic E-state index is 12.4. The van der Waals surface area contributed by atoms with Crippen LogP contribution in [0.2, 0.25) is 0 Å². The van der Waals surface area contributed by atoms with Crippen LogP contribution in [0, 0.1) is 0 Å². The van der Waals surface area contributed by atoms with E-state index in [0.29, 0.717) is 6.54 Å². The normalized spacial score (nSPS) is 17.9. The Morgan fingerprint density at radius 2 is 2.35 bits per heavy atom. The zero-order valence-electron chi connectivity index (χ0n) is 12.1. The smallest absolute Gasteiger partial charge is 0.337 e. The first-order valence-electron chi connectivity index (χ1n) is 6.87. The first kappa shape index (κ1) is 15.8. The summed E-state index contributed by atoms with van der Waals surface area (Å²) in [6, 6.07) is 1.60. The van der Waals surface area contributed by atoms with Gasteiger partial charge in [-0.2, -0.15) is 18.2 Å². The summed E-state index contributed by atoms with van der Waals surface area (Å²) in [6.07, 6.45) is -3.90. The predicted octanol–water partition coefficient (Wildman–Crippen LogP) is 2.98. The van der Waals surface area contributed by atoms with E-state index < -0.39 is 12.0 Å². The number of aromatic nitrogens is 2. The summed E-state index contributed by atoms with van der Waals surface area (Å²) in [6.45, 7) is 2.22. The van der Waals surface area contributed by atoms with Gasteiger partial charge in [-0.3, -0.25) is 0 Å². The van der Waals surface area contributed by atoms with Gasteiger partial charge in [-0.25, -0.2) is 4.79 Å². The molecule has 6 nitrogen and oxygen atoms in total. The van der Waals surface area contributed by atoms with E-state index in [0.717, 1.165) is 11.3 Å². The molecule has 0 bridgehead atoms.